The van der Waals surface area contributed by atoms with Gasteiger partial charge in [-0.15, -0.1) is 11.6 Å². The van der Waals surface area contributed by atoms with Gasteiger partial charge in [0, 0.05) is 17.8 Å². The standard InChI is InChI=1S/C10H15ClN2/c11-6-9-7-12-10(13-9)8-4-2-1-3-5-8/h7-8H,1-6H2,(H,12,13). The van der Waals surface area contributed by atoms with Gasteiger partial charge in [0.15, 0.2) is 0 Å². The van der Waals surface area contributed by atoms with Crippen LogP contribution >= 0.6 is 11.6 Å². The predicted molar refractivity (Wildman–Crippen MR) is 54.0 cm³/mol. The van der Waals surface area contributed by atoms with Crippen molar-refractivity contribution in [3.63, 3.8) is 0 Å². The fourth-order valence-electron chi connectivity index (χ4n) is 2.03. The highest BCUT2D eigenvalue weighted by Gasteiger charge is 2.17. The van der Waals surface area contributed by atoms with Crippen molar-refractivity contribution in [3.8, 4) is 0 Å². The molecule has 0 atom stereocenters. The number of nitrogens with one attached hydrogen (secondary N) is 1. The molecule has 1 aromatic heterocycles. The summed E-state index contributed by atoms with van der Waals surface area (Å²) in [6.07, 6.45) is 8.52. The first-order valence-corrected chi connectivity index (χ1v) is 5.53. The van der Waals surface area contributed by atoms with Crippen molar-refractivity contribution in [2.75, 3.05) is 0 Å². The van der Waals surface area contributed by atoms with Crippen LogP contribution in [0.4, 0.5) is 0 Å². The van der Waals surface area contributed by atoms with Gasteiger partial charge in [-0.05, 0) is 12.8 Å². The number of rotatable bonds is 2. The zero-order chi connectivity index (χ0) is 9.10. The van der Waals surface area contributed by atoms with E-state index in [1.165, 1.54) is 32.1 Å². The molecule has 1 aromatic rings. The van der Waals surface area contributed by atoms with E-state index >= 15 is 0 Å². The second kappa shape index (κ2) is 4.14. The lowest BCUT2D eigenvalue weighted by Gasteiger charge is -2.19. The highest BCUT2D eigenvalue weighted by Crippen LogP contribution is 2.30. The zero-order valence-electron chi connectivity index (χ0n) is 7.72. The molecule has 3 heteroatoms. The minimum absolute atomic E-state index is 0.541. The minimum Gasteiger partial charge on any atom is -0.345 e. The summed E-state index contributed by atoms with van der Waals surface area (Å²) in [4.78, 5) is 7.66. The summed E-state index contributed by atoms with van der Waals surface area (Å²) < 4.78 is 0. The second-order valence-corrected chi connectivity index (χ2v) is 4.03. The average Bonchev–Trinajstić information content (AvgIpc) is 2.67. The van der Waals surface area contributed by atoms with Gasteiger partial charge in [-0.25, -0.2) is 4.98 Å². The SMILES string of the molecule is ClCc1cnc(C2CCCCC2)[nH]1. The van der Waals surface area contributed by atoms with Crippen LogP contribution in [-0.4, -0.2) is 9.97 Å². The molecule has 0 unspecified atom stereocenters. The molecule has 1 aliphatic carbocycles. The molecule has 1 N–H and O–H groups in total. The van der Waals surface area contributed by atoms with Crippen molar-refractivity contribution in [1.82, 2.24) is 9.97 Å². The Bertz CT molecular complexity index is 264. The van der Waals surface area contributed by atoms with Crippen LogP contribution < -0.4 is 0 Å². The lowest BCUT2D eigenvalue weighted by Crippen LogP contribution is -2.06. The summed E-state index contributed by atoms with van der Waals surface area (Å²) in [7, 11) is 0. The third kappa shape index (κ3) is 2.05. The van der Waals surface area contributed by atoms with Gasteiger partial charge in [-0.1, -0.05) is 19.3 Å². The van der Waals surface area contributed by atoms with Crippen LogP contribution in [0.15, 0.2) is 6.20 Å². The van der Waals surface area contributed by atoms with Crippen LogP contribution in [0.2, 0.25) is 0 Å². The van der Waals surface area contributed by atoms with Crippen molar-refractivity contribution in [3.05, 3.63) is 17.7 Å². The maximum atomic E-state index is 5.71. The first-order chi connectivity index (χ1) is 6.40. The second-order valence-electron chi connectivity index (χ2n) is 3.76. The number of imidazole rings is 1. The van der Waals surface area contributed by atoms with Gasteiger partial charge in [0.25, 0.3) is 0 Å². The highest BCUT2D eigenvalue weighted by molar-refractivity contribution is 6.16. The smallest absolute Gasteiger partial charge is 0.109 e. The molecule has 2 nitrogen and oxygen atoms in total. The average molecular weight is 199 g/mol. The van der Waals surface area contributed by atoms with Crippen LogP contribution in [0.3, 0.4) is 0 Å². The van der Waals surface area contributed by atoms with Crippen LogP contribution in [-0.2, 0) is 5.88 Å². The molecule has 13 heavy (non-hydrogen) atoms. The summed E-state index contributed by atoms with van der Waals surface area (Å²) in [6.45, 7) is 0. The van der Waals surface area contributed by atoms with Crippen molar-refractivity contribution >= 4 is 11.6 Å². The summed E-state index contributed by atoms with van der Waals surface area (Å²) in [5.74, 6) is 2.35. The van der Waals surface area contributed by atoms with E-state index in [1.807, 2.05) is 6.20 Å². The van der Waals surface area contributed by atoms with Gasteiger partial charge < -0.3 is 4.98 Å². The topological polar surface area (TPSA) is 28.7 Å². The molecule has 1 fully saturated rings. The summed E-state index contributed by atoms with van der Waals surface area (Å²) in [5.41, 5.74) is 1.04. The van der Waals surface area contributed by atoms with E-state index in [2.05, 4.69) is 9.97 Å². The maximum absolute atomic E-state index is 5.71. The molecule has 0 amide bonds. The van der Waals surface area contributed by atoms with Gasteiger partial charge in [0.05, 0.1) is 5.88 Å². The Balaban J connectivity index is 2.05. The molecule has 0 aromatic carbocycles. The first kappa shape index (κ1) is 9.07. The predicted octanol–water partition coefficient (Wildman–Crippen LogP) is 3.20. The summed E-state index contributed by atoms with van der Waals surface area (Å²) in [6, 6.07) is 0. The molecular weight excluding hydrogens is 184 g/mol. The molecule has 0 saturated heterocycles. The van der Waals surface area contributed by atoms with Crippen molar-refractivity contribution in [2.45, 2.75) is 43.9 Å². The number of alkyl halides is 1. The molecule has 0 radical (unpaired) electrons. The molecule has 0 aliphatic heterocycles. The maximum Gasteiger partial charge on any atom is 0.109 e. The third-order valence-corrected chi connectivity index (χ3v) is 3.07. The Morgan fingerprint density at radius 3 is 2.77 bits per heavy atom. The number of nitrogens with zero attached hydrogens (tertiary/aromatic N) is 1. The van der Waals surface area contributed by atoms with Crippen molar-refractivity contribution in [2.24, 2.45) is 0 Å². The number of hydrogen-bond acceptors (Lipinski definition) is 1. The lowest BCUT2D eigenvalue weighted by atomic mass is 9.89. The monoisotopic (exact) mass is 198 g/mol. The van der Waals surface area contributed by atoms with E-state index in [0.717, 1.165) is 11.5 Å². The molecule has 72 valence electrons. The van der Waals surface area contributed by atoms with E-state index in [4.69, 9.17) is 11.6 Å². The Kier molecular flexibility index (Phi) is 2.89. The van der Waals surface area contributed by atoms with Crippen LogP contribution in [0, 0.1) is 0 Å². The Hall–Kier alpha value is -0.500. The largest absolute Gasteiger partial charge is 0.345 e. The number of hydrogen-bond donors (Lipinski definition) is 1. The lowest BCUT2D eigenvalue weighted by molar-refractivity contribution is 0.430. The minimum atomic E-state index is 0.541. The summed E-state index contributed by atoms with van der Waals surface area (Å²) in [5, 5.41) is 0. The van der Waals surface area contributed by atoms with Gasteiger partial charge >= 0.3 is 0 Å². The number of halogens is 1. The quantitative estimate of drug-likeness (QED) is 0.727. The number of H-pyrrole nitrogens is 1. The third-order valence-electron chi connectivity index (χ3n) is 2.78. The molecule has 1 aliphatic rings. The van der Waals surface area contributed by atoms with Gasteiger partial charge in [-0.2, -0.15) is 0 Å². The first-order valence-electron chi connectivity index (χ1n) is 5.00. The normalized spacial score (nSPS) is 19.2. The molecule has 0 bridgehead atoms. The van der Waals surface area contributed by atoms with Gasteiger partial charge in [0.1, 0.15) is 5.82 Å². The molecule has 0 spiro atoms. The Morgan fingerprint density at radius 1 is 1.38 bits per heavy atom. The van der Waals surface area contributed by atoms with E-state index in [-0.39, 0.29) is 0 Å². The zero-order valence-corrected chi connectivity index (χ0v) is 8.48. The molecule has 1 saturated carbocycles. The molecule has 1 heterocycles. The van der Waals surface area contributed by atoms with Crippen molar-refractivity contribution in [1.29, 1.82) is 0 Å². The van der Waals surface area contributed by atoms with E-state index < -0.39 is 0 Å². The van der Waals surface area contributed by atoms with Crippen LogP contribution in [0.25, 0.3) is 0 Å². The molecule has 2 rings (SSSR count). The van der Waals surface area contributed by atoms with E-state index in [0.29, 0.717) is 11.8 Å². The van der Waals surface area contributed by atoms with E-state index in [1.54, 1.807) is 0 Å². The highest BCUT2D eigenvalue weighted by atomic mass is 35.5. The summed E-state index contributed by atoms with van der Waals surface area (Å²) >= 11 is 5.71. The van der Waals surface area contributed by atoms with Crippen LogP contribution in [0.5, 0.6) is 0 Å². The number of aromatic amines is 1. The molecular formula is C10H15ClN2. The Labute approximate surface area is 83.7 Å². The fourth-order valence-corrected chi connectivity index (χ4v) is 2.16. The van der Waals surface area contributed by atoms with Gasteiger partial charge in [0.2, 0.25) is 0 Å². The fraction of sp³-hybridized carbons (Fsp3) is 0.700. The Morgan fingerprint density at radius 2 is 2.15 bits per heavy atom. The van der Waals surface area contributed by atoms with Crippen molar-refractivity contribution < 1.29 is 0 Å². The van der Waals surface area contributed by atoms with Gasteiger partial charge in [-0.3, -0.25) is 0 Å². The van der Waals surface area contributed by atoms with Crippen LogP contribution in [0.1, 0.15) is 49.5 Å². The van der Waals surface area contributed by atoms with E-state index in [9.17, 15) is 0 Å². The number of aromatic nitrogens is 2.